The molecule has 1 amide bonds. The molecule has 2 aromatic rings. The lowest BCUT2D eigenvalue weighted by Crippen LogP contribution is -2.35. The predicted molar refractivity (Wildman–Crippen MR) is 81.9 cm³/mol. The van der Waals surface area contributed by atoms with Gasteiger partial charge in [0, 0.05) is 18.9 Å². The Morgan fingerprint density at radius 3 is 2.73 bits per heavy atom. The average Bonchev–Trinajstić information content (AvgIpc) is 2.67. The molecule has 1 aromatic carbocycles. The SMILES string of the molecule is CCOC1=Nc2nccnc2C(=O)N(Cc2ccccc2)C1. The van der Waals surface area contributed by atoms with Gasteiger partial charge < -0.3 is 9.64 Å². The van der Waals surface area contributed by atoms with Crippen molar-refractivity contribution < 1.29 is 9.53 Å². The number of nitrogens with zero attached hydrogens (tertiary/aromatic N) is 4. The van der Waals surface area contributed by atoms with Gasteiger partial charge in [0.15, 0.2) is 11.5 Å². The minimum absolute atomic E-state index is 0.189. The van der Waals surface area contributed by atoms with Crippen LogP contribution in [0.5, 0.6) is 0 Å². The summed E-state index contributed by atoms with van der Waals surface area (Å²) in [7, 11) is 0. The molecule has 6 nitrogen and oxygen atoms in total. The van der Waals surface area contributed by atoms with E-state index in [-0.39, 0.29) is 11.6 Å². The number of carbonyl (C=O) groups is 1. The number of hydrogen-bond acceptors (Lipinski definition) is 5. The molecular weight excluding hydrogens is 280 g/mol. The molecule has 0 spiro atoms. The van der Waals surface area contributed by atoms with Gasteiger partial charge in [-0.2, -0.15) is 4.99 Å². The first kappa shape index (κ1) is 14.2. The first-order valence-corrected chi connectivity index (χ1v) is 7.12. The van der Waals surface area contributed by atoms with E-state index in [4.69, 9.17) is 4.74 Å². The molecule has 1 aliphatic rings. The van der Waals surface area contributed by atoms with Crippen molar-refractivity contribution in [2.24, 2.45) is 4.99 Å². The second-order valence-corrected chi connectivity index (χ2v) is 4.81. The average molecular weight is 296 g/mol. The van der Waals surface area contributed by atoms with Gasteiger partial charge in [-0.3, -0.25) is 4.79 Å². The molecule has 0 saturated carbocycles. The van der Waals surface area contributed by atoms with E-state index in [2.05, 4.69) is 15.0 Å². The lowest BCUT2D eigenvalue weighted by Gasteiger charge is -2.21. The summed E-state index contributed by atoms with van der Waals surface area (Å²) in [4.78, 5) is 26.9. The van der Waals surface area contributed by atoms with Crippen molar-refractivity contribution in [2.45, 2.75) is 13.5 Å². The van der Waals surface area contributed by atoms with Gasteiger partial charge in [0.05, 0.1) is 13.2 Å². The molecule has 0 atom stereocenters. The molecule has 6 heteroatoms. The maximum Gasteiger partial charge on any atom is 0.277 e. The number of ether oxygens (including phenoxy) is 1. The Bertz CT molecular complexity index is 700. The number of benzene rings is 1. The number of aromatic nitrogens is 2. The molecule has 1 aliphatic heterocycles. The predicted octanol–water partition coefficient (Wildman–Crippen LogP) is 2.20. The van der Waals surface area contributed by atoms with Crippen LogP contribution in [0, 0.1) is 0 Å². The highest BCUT2D eigenvalue weighted by Gasteiger charge is 2.27. The largest absolute Gasteiger partial charge is 0.480 e. The van der Waals surface area contributed by atoms with E-state index >= 15 is 0 Å². The fourth-order valence-corrected chi connectivity index (χ4v) is 2.28. The number of aliphatic imine (C=N–C) groups is 1. The molecule has 0 aliphatic carbocycles. The molecule has 0 radical (unpaired) electrons. The maximum atomic E-state index is 12.7. The van der Waals surface area contributed by atoms with Crippen LogP contribution in [0.4, 0.5) is 5.82 Å². The van der Waals surface area contributed by atoms with E-state index in [9.17, 15) is 4.79 Å². The van der Waals surface area contributed by atoms with Crippen LogP contribution in [0.25, 0.3) is 0 Å². The van der Waals surface area contributed by atoms with Crippen LogP contribution in [0.15, 0.2) is 47.7 Å². The molecule has 0 bridgehead atoms. The summed E-state index contributed by atoms with van der Waals surface area (Å²) in [5, 5.41) is 0. The smallest absolute Gasteiger partial charge is 0.277 e. The molecule has 0 N–H and O–H groups in total. The molecule has 3 rings (SSSR count). The number of rotatable bonds is 3. The highest BCUT2D eigenvalue weighted by Crippen LogP contribution is 2.20. The summed E-state index contributed by atoms with van der Waals surface area (Å²) in [5.74, 6) is 0.600. The molecule has 112 valence electrons. The molecular formula is C16H16N4O2. The molecule has 1 aromatic heterocycles. The highest BCUT2D eigenvalue weighted by molar-refractivity contribution is 6.01. The van der Waals surface area contributed by atoms with Crippen molar-refractivity contribution in [3.05, 3.63) is 54.0 Å². The Balaban J connectivity index is 1.94. The Labute approximate surface area is 128 Å². The van der Waals surface area contributed by atoms with Crippen molar-refractivity contribution in [3.8, 4) is 0 Å². The van der Waals surface area contributed by atoms with Crippen LogP contribution in [-0.2, 0) is 11.3 Å². The molecule has 0 saturated heterocycles. The fraction of sp³-hybridized carbons (Fsp3) is 0.250. The Morgan fingerprint density at radius 1 is 1.18 bits per heavy atom. The van der Waals surface area contributed by atoms with Crippen molar-refractivity contribution in [2.75, 3.05) is 13.2 Å². The highest BCUT2D eigenvalue weighted by atomic mass is 16.5. The third-order valence-electron chi connectivity index (χ3n) is 3.25. The number of carbonyl (C=O) groups excluding carboxylic acids is 1. The lowest BCUT2D eigenvalue weighted by atomic mass is 10.2. The monoisotopic (exact) mass is 296 g/mol. The van der Waals surface area contributed by atoms with Crippen LogP contribution in [0.3, 0.4) is 0 Å². The van der Waals surface area contributed by atoms with Crippen molar-refractivity contribution in [1.82, 2.24) is 14.9 Å². The van der Waals surface area contributed by atoms with Crippen molar-refractivity contribution >= 4 is 17.6 Å². The Morgan fingerprint density at radius 2 is 1.95 bits per heavy atom. The summed E-state index contributed by atoms with van der Waals surface area (Å²) in [5.41, 5.74) is 1.30. The maximum absolute atomic E-state index is 12.7. The van der Waals surface area contributed by atoms with Gasteiger partial charge in [-0.1, -0.05) is 30.3 Å². The van der Waals surface area contributed by atoms with E-state index in [1.807, 2.05) is 37.3 Å². The zero-order chi connectivity index (χ0) is 15.4. The lowest BCUT2D eigenvalue weighted by molar-refractivity contribution is 0.0756. The summed E-state index contributed by atoms with van der Waals surface area (Å²) < 4.78 is 5.52. The third kappa shape index (κ3) is 2.95. The second-order valence-electron chi connectivity index (χ2n) is 4.81. The summed E-state index contributed by atoms with van der Waals surface area (Å²) >= 11 is 0. The van der Waals surface area contributed by atoms with E-state index in [1.54, 1.807) is 4.90 Å². The van der Waals surface area contributed by atoms with E-state index in [0.717, 1.165) is 5.56 Å². The summed E-state index contributed by atoms with van der Waals surface area (Å²) in [6.45, 7) is 3.15. The third-order valence-corrected chi connectivity index (χ3v) is 3.25. The van der Waals surface area contributed by atoms with Crippen molar-refractivity contribution in [1.29, 1.82) is 0 Å². The zero-order valence-corrected chi connectivity index (χ0v) is 12.3. The number of hydrogen-bond donors (Lipinski definition) is 0. The van der Waals surface area contributed by atoms with Crippen LogP contribution in [0.1, 0.15) is 23.0 Å². The van der Waals surface area contributed by atoms with Gasteiger partial charge in [-0.25, -0.2) is 9.97 Å². The van der Waals surface area contributed by atoms with Crippen LogP contribution in [-0.4, -0.2) is 39.8 Å². The minimum Gasteiger partial charge on any atom is -0.480 e. The number of fused-ring (bicyclic) bond motifs is 1. The summed E-state index contributed by atoms with van der Waals surface area (Å²) in [6, 6.07) is 9.80. The normalized spacial score (nSPS) is 14.1. The molecule has 0 fully saturated rings. The van der Waals surface area contributed by atoms with Gasteiger partial charge in [-0.05, 0) is 12.5 Å². The molecule has 0 unspecified atom stereocenters. The van der Waals surface area contributed by atoms with Crippen LogP contribution < -0.4 is 0 Å². The standard InChI is InChI=1S/C16H16N4O2/c1-2-22-13-11-20(10-12-6-4-3-5-7-12)16(21)14-15(19-13)18-9-8-17-14/h3-9H,2,10-11H2,1H3. The zero-order valence-electron chi connectivity index (χ0n) is 12.3. The van der Waals surface area contributed by atoms with Gasteiger partial charge >= 0.3 is 0 Å². The first-order valence-electron chi connectivity index (χ1n) is 7.12. The topological polar surface area (TPSA) is 67.7 Å². The second kappa shape index (κ2) is 6.34. The first-order chi connectivity index (χ1) is 10.8. The molecule has 2 heterocycles. The van der Waals surface area contributed by atoms with Crippen LogP contribution in [0.2, 0.25) is 0 Å². The van der Waals surface area contributed by atoms with Gasteiger partial charge in [0.25, 0.3) is 5.91 Å². The van der Waals surface area contributed by atoms with E-state index in [0.29, 0.717) is 31.4 Å². The van der Waals surface area contributed by atoms with E-state index < -0.39 is 0 Å². The number of amides is 1. The minimum atomic E-state index is -0.189. The van der Waals surface area contributed by atoms with E-state index in [1.165, 1.54) is 12.4 Å². The van der Waals surface area contributed by atoms with Crippen molar-refractivity contribution in [3.63, 3.8) is 0 Å². The fourth-order valence-electron chi connectivity index (χ4n) is 2.28. The van der Waals surface area contributed by atoms with Gasteiger partial charge in [0.1, 0.15) is 0 Å². The van der Waals surface area contributed by atoms with Gasteiger partial charge in [-0.15, -0.1) is 0 Å². The van der Waals surface area contributed by atoms with Gasteiger partial charge in [0.2, 0.25) is 5.90 Å². The molecule has 22 heavy (non-hydrogen) atoms. The Hall–Kier alpha value is -2.76. The summed E-state index contributed by atoms with van der Waals surface area (Å²) in [6.07, 6.45) is 3.02. The Kier molecular flexibility index (Phi) is 4.09. The quantitative estimate of drug-likeness (QED) is 0.870. The van der Waals surface area contributed by atoms with Crippen LogP contribution >= 0.6 is 0 Å².